The molecule has 3 amide bonds. The Morgan fingerprint density at radius 3 is 0.895 bits per heavy atom. The Labute approximate surface area is 332 Å². The standard InChI is InChI=1S/C42H54N6O9/c1-34(49)46(55-31-37-19-7-4-8-20-37)28-16-13-25-43-40(52)44(26-14-17-29-47(35(2)50)56-32-38-21-9-5-10-22-38)42(54)45(41(43)53)27-15-18-30-48(36(3)51)57-33-39-23-11-6-12-24-39/h4-12,19-24H,13-18,25-33H2,1-3H3. The molecular formula is C42H54N6O9. The molecule has 1 heterocycles. The lowest BCUT2D eigenvalue weighted by Gasteiger charge is -2.21. The van der Waals surface area contributed by atoms with Crippen molar-refractivity contribution in [2.45, 2.75) is 98.8 Å². The Hall–Kier alpha value is -5.64. The van der Waals surface area contributed by atoms with Crippen LogP contribution in [0.25, 0.3) is 0 Å². The van der Waals surface area contributed by atoms with Crippen molar-refractivity contribution in [3.05, 3.63) is 139 Å². The zero-order chi connectivity index (χ0) is 41.0. The predicted molar refractivity (Wildman–Crippen MR) is 213 cm³/mol. The number of hydroxylamine groups is 6. The third-order valence-corrected chi connectivity index (χ3v) is 9.11. The van der Waals surface area contributed by atoms with Crippen molar-refractivity contribution in [2.75, 3.05) is 19.6 Å². The first kappa shape index (κ1) is 44.1. The van der Waals surface area contributed by atoms with Crippen LogP contribution in [0.2, 0.25) is 0 Å². The zero-order valence-corrected chi connectivity index (χ0v) is 33.1. The molecule has 15 heteroatoms. The fraction of sp³-hybridized carbons (Fsp3) is 0.429. The summed E-state index contributed by atoms with van der Waals surface area (Å²) >= 11 is 0. The number of amides is 3. The first-order valence-corrected chi connectivity index (χ1v) is 19.3. The second-order valence-electron chi connectivity index (χ2n) is 13.6. The Kier molecular flexibility index (Phi) is 18.1. The summed E-state index contributed by atoms with van der Waals surface area (Å²) in [6.07, 6.45) is 2.33. The van der Waals surface area contributed by atoms with Gasteiger partial charge in [-0.1, -0.05) is 91.0 Å². The molecule has 0 aliphatic heterocycles. The number of unbranched alkanes of at least 4 members (excludes halogenated alkanes) is 3. The molecule has 0 bridgehead atoms. The summed E-state index contributed by atoms with van der Waals surface area (Å²) in [6, 6.07) is 28.3. The van der Waals surface area contributed by atoms with Crippen LogP contribution in [-0.4, -0.2) is 66.2 Å². The number of carbonyl (C=O) groups excluding carboxylic acids is 3. The highest BCUT2D eigenvalue weighted by Gasteiger charge is 2.18. The van der Waals surface area contributed by atoms with E-state index in [1.807, 2.05) is 91.0 Å². The Balaban J connectivity index is 1.42. The van der Waals surface area contributed by atoms with Crippen LogP contribution in [0.3, 0.4) is 0 Å². The van der Waals surface area contributed by atoms with Gasteiger partial charge in [0.05, 0.1) is 0 Å². The molecule has 57 heavy (non-hydrogen) atoms. The highest BCUT2D eigenvalue weighted by atomic mass is 16.7. The summed E-state index contributed by atoms with van der Waals surface area (Å²) in [5, 5.41) is 3.78. The maximum absolute atomic E-state index is 13.7. The molecule has 0 spiro atoms. The van der Waals surface area contributed by atoms with E-state index >= 15 is 0 Å². The van der Waals surface area contributed by atoms with Crippen molar-refractivity contribution in [1.29, 1.82) is 0 Å². The molecule has 0 saturated heterocycles. The fourth-order valence-electron chi connectivity index (χ4n) is 5.95. The van der Waals surface area contributed by atoms with Crippen molar-refractivity contribution >= 4 is 17.7 Å². The van der Waals surface area contributed by atoms with Crippen molar-refractivity contribution < 1.29 is 28.9 Å². The van der Waals surface area contributed by atoms with Crippen LogP contribution in [0.15, 0.2) is 105 Å². The van der Waals surface area contributed by atoms with Gasteiger partial charge in [-0.2, -0.15) is 0 Å². The van der Waals surface area contributed by atoms with Crippen molar-refractivity contribution in [2.24, 2.45) is 0 Å². The molecule has 0 saturated carbocycles. The van der Waals surface area contributed by atoms with E-state index in [2.05, 4.69) is 0 Å². The molecule has 0 fully saturated rings. The lowest BCUT2D eigenvalue weighted by atomic mass is 10.2. The molecule has 4 rings (SSSR count). The summed E-state index contributed by atoms with van der Waals surface area (Å²) in [5.74, 6) is -0.829. The highest BCUT2D eigenvalue weighted by Crippen LogP contribution is 2.08. The lowest BCUT2D eigenvalue weighted by Crippen LogP contribution is -2.54. The van der Waals surface area contributed by atoms with Gasteiger partial charge in [-0.05, 0) is 55.2 Å². The van der Waals surface area contributed by atoms with Gasteiger partial charge in [0.2, 0.25) is 17.7 Å². The molecule has 0 aliphatic rings. The van der Waals surface area contributed by atoms with Crippen LogP contribution < -0.4 is 17.1 Å². The molecule has 0 unspecified atom stereocenters. The monoisotopic (exact) mass is 786 g/mol. The Morgan fingerprint density at radius 2 is 0.667 bits per heavy atom. The van der Waals surface area contributed by atoms with Gasteiger partial charge in [0.1, 0.15) is 19.8 Å². The molecule has 306 valence electrons. The molecule has 3 aromatic carbocycles. The van der Waals surface area contributed by atoms with Crippen molar-refractivity contribution in [3.8, 4) is 0 Å². The lowest BCUT2D eigenvalue weighted by molar-refractivity contribution is -0.189. The molecular weight excluding hydrogens is 732 g/mol. The molecule has 15 nitrogen and oxygen atoms in total. The summed E-state index contributed by atoms with van der Waals surface area (Å²) in [5.41, 5.74) is 0.518. The van der Waals surface area contributed by atoms with Gasteiger partial charge in [0, 0.05) is 60.0 Å². The molecule has 1 aromatic heterocycles. The van der Waals surface area contributed by atoms with Crippen LogP contribution in [0.1, 0.15) is 76.0 Å². The van der Waals surface area contributed by atoms with E-state index in [0.717, 1.165) is 30.4 Å². The number of hydrogen-bond donors (Lipinski definition) is 0. The topological polar surface area (TPSA) is 155 Å². The van der Waals surface area contributed by atoms with E-state index in [-0.39, 0.29) is 76.8 Å². The number of rotatable bonds is 24. The minimum absolute atomic E-state index is 0.0132. The summed E-state index contributed by atoms with van der Waals surface area (Å²) in [4.78, 5) is 95.1. The number of hydrogen-bond acceptors (Lipinski definition) is 9. The average Bonchev–Trinajstić information content (AvgIpc) is 3.20. The molecule has 0 N–H and O–H groups in total. The zero-order valence-electron chi connectivity index (χ0n) is 33.1. The van der Waals surface area contributed by atoms with Gasteiger partial charge >= 0.3 is 17.1 Å². The van der Waals surface area contributed by atoms with Crippen LogP contribution in [0, 0.1) is 0 Å². The summed E-state index contributed by atoms with van der Waals surface area (Å²) < 4.78 is 3.17. The van der Waals surface area contributed by atoms with Crippen LogP contribution in [0.5, 0.6) is 0 Å². The smallest absolute Gasteiger partial charge is 0.273 e. The highest BCUT2D eigenvalue weighted by molar-refractivity contribution is 5.72. The van der Waals surface area contributed by atoms with Crippen LogP contribution in [0.4, 0.5) is 0 Å². The molecule has 0 aliphatic carbocycles. The molecule has 4 aromatic rings. The maximum Gasteiger partial charge on any atom is 0.336 e. The van der Waals surface area contributed by atoms with E-state index in [1.54, 1.807) is 0 Å². The average molecular weight is 787 g/mol. The fourth-order valence-corrected chi connectivity index (χ4v) is 5.95. The minimum atomic E-state index is -0.731. The first-order valence-electron chi connectivity index (χ1n) is 19.3. The molecule has 0 atom stereocenters. The van der Waals surface area contributed by atoms with Gasteiger partial charge < -0.3 is 0 Å². The SMILES string of the molecule is CC(=O)N(CCCCn1c(=O)n(CCCCN(OCc2ccccc2)C(C)=O)c(=O)n(CCCCN(OCc2ccccc2)C(C)=O)c1=O)OCc1ccccc1. The van der Waals surface area contributed by atoms with Crippen molar-refractivity contribution in [1.82, 2.24) is 28.9 Å². The first-order chi connectivity index (χ1) is 27.5. The van der Waals surface area contributed by atoms with E-state index in [1.165, 1.54) is 36.0 Å². The maximum atomic E-state index is 13.7. The van der Waals surface area contributed by atoms with E-state index in [4.69, 9.17) is 14.5 Å². The Morgan fingerprint density at radius 1 is 0.421 bits per heavy atom. The number of aromatic nitrogens is 3. The van der Waals surface area contributed by atoms with Crippen molar-refractivity contribution in [3.63, 3.8) is 0 Å². The number of nitrogens with zero attached hydrogens (tertiary/aromatic N) is 6. The van der Waals surface area contributed by atoms with Gasteiger partial charge in [-0.25, -0.2) is 43.3 Å². The number of benzene rings is 3. The van der Waals surface area contributed by atoms with E-state index < -0.39 is 17.1 Å². The third kappa shape index (κ3) is 14.4. The largest absolute Gasteiger partial charge is 0.336 e. The second-order valence-corrected chi connectivity index (χ2v) is 13.6. The van der Waals surface area contributed by atoms with Gasteiger partial charge in [0.25, 0.3) is 0 Å². The quantitative estimate of drug-likeness (QED) is 0.0741. The summed E-state index contributed by atoms with van der Waals surface area (Å²) in [7, 11) is 0. The summed E-state index contributed by atoms with van der Waals surface area (Å²) in [6.45, 7) is 5.60. The van der Waals surface area contributed by atoms with E-state index in [9.17, 15) is 28.8 Å². The molecule has 0 radical (unpaired) electrons. The Bertz CT molecular complexity index is 1770. The van der Waals surface area contributed by atoms with Crippen LogP contribution >= 0.6 is 0 Å². The van der Waals surface area contributed by atoms with Crippen LogP contribution in [-0.2, 0) is 68.4 Å². The number of carbonyl (C=O) groups is 3. The van der Waals surface area contributed by atoms with E-state index in [0.29, 0.717) is 38.5 Å². The second kappa shape index (κ2) is 23.4. The van der Waals surface area contributed by atoms with Gasteiger partial charge in [-0.15, -0.1) is 0 Å². The van der Waals surface area contributed by atoms with Gasteiger partial charge in [-0.3, -0.25) is 28.9 Å². The predicted octanol–water partition coefficient (Wildman–Crippen LogP) is 4.45. The third-order valence-electron chi connectivity index (χ3n) is 9.11. The van der Waals surface area contributed by atoms with Gasteiger partial charge in [0.15, 0.2) is 0 Å². The normalized spacial score (nSPS) is 11.0. The minimum Gasteiger partial charge on any atom is -0.273 e.